The summed E-state index contributed by atoms with van der Waals surface area (Å²) >= 11 is 0. The summed E-state index contributed by atoms with van der Waals surface area (Å²) in [6.07, 6.45) is 1.08. The van der Waals surface area contributed by atoms with E-state index < -0.39 is 0 Å². The fourth-order valence-electron chi connectivity index (χ4n) is 2.27. The van der Waals surface area contributed by atoms with E-state index in [1.807, 2.05) is 6.07 Å². The third-order valence-corrected chi connectivity index (χ3v) is 3.52. The minimum Gasteiger partial charge on any atom is -0.494 e. The van der Waals surface area contributed by atoms with Gasteiger partial charge in [-0.3, -0.25) is 4.90 Å². The fourth-order valence-corrected chi connectivity index (χ4v) is 2.27. The Labute approximate surface area is 116 Å². The lowest BCUT2D eigenvalue weighted by atomic mass is 10.0. The second-order valence-corrected chi connectivity index (χ2v) is 5.38. The highest BCUT2D eigenvalue weighted by molar-refractivity contribution is 5.30. The molecule has 0 spiro atoms. The van der Waals surface area contributed by atoms with Crippen molar-refractivity contribution in [1.29, 1.82) is 0 Å². The van der Waals surface area contributed by atoms with Crippen LogP contribution >= 0.6 is 0 Å². The number of rotatable bonds is 6. The van der Waals surface area contributed by atoms with E-state index in [1.54, 1.807) is 0 Å². The van der Waals surface area contributed by atoms with Crippen molar-refractivity contribution >= 4 is 0 Å². The van der Waals surface area contributed by atoms with Gasteiger partial charge in [-0.05, 0) is 30.0 Å². The Morgan fingerprint density at radius 1 is 1.26 bits per heavy atom. The highest BCUT2D eigenvalue weighted by Crippen LogP contribution is 2.20. The number of nitrogens with zero attached hydrogens (tertiary/aromatic N) is 1. The SMILES string of the molecule is CC(C)c1cccc(OCCCN2CCOCC2)c1. The smallest absolute Gasteiger partial charge is 0.119 e. The van der Waals surface area contributed by atoms with Crippen molar-refractivity contribution < 1.29 is 9.47 Å². The zero-order valence-corrected chi connectivity index (χ0v) is 12.1. The first-order valence-electron chi connectivity index (χ1n) is 7.28. The number of ether oxygens (including phenoxy) is 2. The Balaban J connectivity index is 1.68. The molecule has 1 heterocycles. The van der Waals surface area contributed by atoms with Crippen molar-refractivity contribution in [3.63, 3.8) is 0 Å². The monoisotopic (exact) mass is 263 g/mol. The quantitative estimate of drug-likeness (QED) is 0.737. The van der Waals surface area contributed by atoms with E-state index >= 15 is 0 Å². The second kappa shape index (κ2) is 7.51. The molecule has 0 aromatic heterocycles. The van der Waals surface area contributed by atoms with Gasteiger partial charge in [0.1, 0.15) is 5.75 Å². The van der Waals surface area contributed by atoms with Gasteiger partial charge in [-0.15, -0.1) is 0 Å². The fraction of sp³-hybridized carbons (Fsp3) is 0.625. The maximum Gasteiger partial charge on any atom is 0.119 e. The molecule has 3 nitrogen and oxygen atoms in total. The highest BCUT2D eigenvalue weighted by atomic mass is 16.5. The molecule has 1 aliphatic heterocycles. The summed E-state index contributed by atoms with van der Waals surface area (Å²) in [5.41, 5.74) is 1.34. The predicted octanol–water partition coefficient (Wildman–Crippen LogP) is 2.91. The van der Waals surface area contributed by atoms with E-state index in [2.05, 4.69) is 36.9 Å². The molecule has 0 bridgehead atoms. The van der Waals surface area contributed by atoms with Crippen LogP contribution in [0.1, 0.15) is 31.7 Å². The largest absolute Gasteiger partial charge is 0.494 e. The van der Waals surface area contributed by atoms with E-state index in [0.29, 0.717) is 5.92 Å². The van der Waals surface area contributed by atoms with Crippen molar-refractivity contribution in [2.45, 2.75) is 26.2 Å². The Bertz CT molecular complexity index is 373. The lowest BCUT2D eigenvalue weighted by molar-refractivity contribution is 0.0358. The van der Waals surface area contributed by atoms with Crippen LogP contribution in [-0.4, -0.2) is 44.4 Å². The number of hydrogen-bond donors (Lipinski definition) is 0. The lowest BCUT2D eigenvalue weighted by Gasteiger charge is -2.26. The second-order valence-electron chi connectivity index (χ2n) is 5.38. The summed E-state index contributed by atoms with van der Waals surface area (Å²) in [5.74, 6) is 1.55. The first kappa shape index (κ1) is 14.4. The van der Waals surface area contributed by atoms with Crippen LogP contribution in [0.3, 0.4) is 0 Å². The van der Waals surface area contributed by atoms with Gasteiger partial charge in [0.15, 0.2) is 0 Å². The van der Waals surface area contributed by atoms with Crippen LogP contribution < -0.4 is 4.74 Å². The number of benzene rings is 1. The topological polar surface area (TPSA) is 21.7 Å². The Morgan fingerprint density at radius 2 is 2.05 bits per heavy atom. The minimum atomic E-state index is 0.553. The first-order chi connectivity index (χ1) is 9.25. The molecule has 3 heteroatoms. The normalized spacial score (nSPS) is 16.8. The molecule has 0 atom stereocenters. The Hall–Kier alpha value is -1.06. The molecule has 0 saturated carbocycles. The molecule has 1 aromatic carbocycles. The van der Waals surface area contributed by atoms with Gasteiger partial charge in [0.25, 0.3) is 0 Å². The first-order valence-corrected chi connectivity index (χ1v) is 7.28. The molecule has 0 amide bonds. The van der Waals surface area contributed by atoms with Crippen LogP contribution in [0, 0.1) is 0 Å². The van der Waals surface area contributed by atoms with Crippen LogP contribution in [-0.2, 0) is 4.74 Å². The van der Waals surface area contributed by atoms with Gasteiger partial charge >= 0.3 is 0 Å². The Kier molecular flexibility index (Phi) is 5.67. The van der Waals surface area contributed by atoms with Gasteiger partial charge in [-0.25, -0.2) is 0 Å². The van der Waals surface area contributed by atoms with Crippen LogP contribution in [0.15, 0.2) is 24.3 Å². The predicted molar refractivity (Wildman–Crippen MR) is 77.9 cm³/mol. The van der Waals surface area contributed by atoms with E-state index in [9.17, 15) is 0 Å². The molecule has 1 fully saturated rings. The molecular weight excluding hydrogens is 238 g/mol. The van der Waals surface area contributed by atoms with Crippen LogP contribution in [0.25, 0.3) is 0 Å². The molecule has 1 saturated heterocycles. The number of hydrogen-bond acceptors (Lipinski definition) is 3. The molecule has 1 aliphatic rings. The standard InChI is InChI=1S/C16H25NO2/c1-14(2)15-5-3-6-16(13-15)19-10-4-7-17-8-11-18-12-9-17/h3,5-6,13-14H,4,7-12H2,1-2H3. The molecule has 106 valence electrons. The van der Waals surface area contributed by atoms with Crippen molar-refractivity contribution in [2.75, 3.05) is 39.5 Å². The summed E-state index contributed by atoms with van der Waals surface area (Å²) in [7, 11) is 0. The molecule has 0 unspecified atom stereocenters. The molecule has 2 rings (SSSR count). The Morgan fingerprint density at radius 3 is 2.79 bits per heavy atom. The van der Waals surface area contributed by atoms with Gasteiger partial charge in [-0.1, -0.05) is 26.0 Å². The van der Waals surface area contributed by atoms with E-state index in [0.717, 1.165) is 51.6 Å². The van der Waals surface area contributed by atoms with Crippen LogP contribution in [0.2, 0.25) is 0 Å². The molecule has 0 aliphatic carbocycles. The zero-order chi connectivity index (χ0) is 13.5. The van der Waals surface area contributed by atoms with Gasteiger partial charge < -0.3 is 9.47 Å². The van der Waals surface area contributed by atoms with Gasteiger partial charge in [0.05, 0.1) is 19.8 Å². The molecule has 0 radical (unpaired) electrons. The third-order valence-electron chi connectivity index (χ3n) is 3.52. The third kappa shape index (κ3) is 4.84. The molecule has 0 N–H and O–H groups in total. The average molecular weight is 263 g/mol. The van der Waals surface area contributed by atoms with Crippen LogP contribution in [0.4, 0.5) is 0 Å². The molecule has 19 heavy (non-hydrogen) atoms. The summed E-state index contributed by atoms with van der Waals surface area (Å²) in [5, 5.41) is 0. The van der Waals surface area contributed by atoms with E-state index in [-0.39, 0.29) is 0 Å². The number of morpholine rings is 1. The summed E-state index contributed by atoms with van der Waals surface area (Å²) in [6, 6.07) is 8.43. The van der Waals surface area contributed by atoms with Gasteiger partial charge in [0, 0.05) is 19.6 Å². The summed E-state index contributed by atoms with van der Waals surface area (Å²) < 4.78 is 11.2. The summed E-state index contributed by atoms with van der Waals surface area (Å²) in [4.78, 5) is 2.44. The highest BCUT2D eigenvalue weighted by Gasteiger charge is 2.09. The maximum atomic E-state index is 5.83. The van der Waals surface area contributed by atoms with Gasteiger partial charge in [-0.2, -0.15) is 0 Å². The van der Waals surface area contributed by atoms with Crippen molar-refractivity contribution in [1.82, 2.24) is 4.90 Å². The van der Waals surface area contributed by atoms with Crippen LogP contribution in [0.5, 0.6) is 5.75 Å². The van der Waals surface area contributed by atoms with Crippen molar-refractivity contribution in [3.8, 4) is 5.75 Å². The maximum absolute atomic E-state index is 5.83. The van der Waals surface area contributed by atoms with Crippen molar-refractivity contribution in [3.05, 3.63) is 29.8 Å². The van der Waals surface area contributed by atoms with E-state index in [1.165, 1.54) is 5.56 Å². The van der Waals surface area contributed by atoms with Crippen molar-refractivity contribution in [2.24, 2.45) is 0 Å². The average Bonchev–Trinajstić information content (AvgIpc) is 2.45. The molecule has 1 aromatic rings. The summed E-state index contributed by atoms with van der Waals surface area (Å²) in [6.45, 7) is 10.2. The van der Waals surface area contributed by atoms with Gasteiger partial charge in [0.2, 0.25) is 0 Å². The van der Waals surface area contributed by atoms with E-state index in [4.69, 9.17) is 9.47 Å². The lowest BCUT2D eigenvalue weighted by Crippen LogP contribution is -2.37. The minimum absolute atomic E-state index is 0.553. The zero-order valence-electron chi connectivity index (χ0n) is 12.1. The molecular formula is C16H25NO2.